The molecule has 0 unspecified atom stereocenters. The van der Waals surface area contributed by atoms with Crippen LogP contribution in [0, 0.1) is 0 Å². The van der Waals surface area contributed by atoms with Gasteiger partial charge in [0.25, 0.3) is 10.0 Å². The van der Waals surface area contributed by atoms with Crippen molar-refractivity contribution >= 4 is 38.9 Å². The molecule has 0 spiro atoms. The normalized spacial score (nSPS) is 13.1. The van der Waals surface area contributed by atoms with Crippen molar-refractivity contribution in [3.63, 3.8) is 0 Å². The van der Waals surface area contributed by atoms with E-state index in [1.165, 1.54) is 12.1 Å². The first-order valence-electron chi connectivity index (χ1n) is 5.45. The molecule has 0 aliphatic rings. The summed E-state index contributed by atoms with van der Waals surface area (Å²) in [7, 11) is -3.93. The number of hydrogen-bond donors (Lipinski definition) is 2. The zero-order chi connectivity index (χ0) is 14.8. The lowest BCUT2D eigenvalue weighted by atomic mass is 10.1. The molecule has 5 nitrogen and oxygen atoms in total. The Bertz CT molecular complexity index is 712. The summed E-state index contributed by atoms with van der Waals surface area (Å²) in [6.07, 6.45) is 0. The number of carbonyl (C=O) groups is 1. The van der Waals surface area contributed by atoms with E-state index in [0.717, 1.165) is 11.3 Å². The maximum atomic E-state index is 12.1. The van der Waals surface area contributed by atoms with Crippen molar-refractivity contribution in [1.82, 2.24) is 4.72 Å². The molecule has 1 heterocycles. The maximum Gasteiger partial charge on any atom is 0.326 e. The van der Waals surface area contributed by atoms with Crippen LogP contribution < -0.4 is 4.72 Å². The molecule has 0 aliphatic heterocycles. The number of carboxylic acids is 1. The highest BCUT2D eigenvalue weighted by Crippen LogP contribution is 2.27. The molecule has 8 heteroatoms. The van der Waals surface area contributed by atoms with E-state index < -0.39 is 22.0 Å². The van der Waals surface area contributed by atoms with E-state index in [4.69, 9.17) is 11.6 Å². The third kappa shape index (κ3) is 3.37. The SMILES string of the molecule is O=C(O)[C@@H](NS(=O)(=O)c1ccc(Cl)s1)c1ccccc1. The van der Waals surface area contributed by atoms with Gasteiger partial charge in [-0.3, -0.25) is 4.79 Å². The van der Waals surface area contributed by atoms with E-state index in [0.29, 0.717) is 9.90 Å². The molecule has 0 radical (unpaired) electrons. The quantitative estimate of drug-likeness (QED) is 0.881. The molecule has 1 aromatic carbocycles. The van der Waals surface area contributed by atoms with E-state index in [1.807, 2.05) is 0 Å². The van der Waals surface area contributed by atoms with Crippen LogP contribution >= 0.6 is 22.9 Å². The number of nitrogens with one attached hydrogen (secondary N) is 1. The first-order valence-corrected chi connectivity index (χ1v) is 8.13. The molecular weight excluding hydrogens is 322 g/mol. The second-order valence-corrected chi connectivity index (χ2v) is 7.52. The Morgan fingerprint density at radius 3 is 2.35 bits per heavy atom. The minimum atomic E-state index is -3.93. The summed E-state index contributed by atoms with van der Waals surface area (Å²) >= 11 is 6.56. The summed E-state index contributed by atoms with van der Waals surface area (Å²) in [6, 6.07) is 9.52. The van der Waals surface area contributed by atoms with E-state index in [9.17, 15) is 18.3 Å². The number of carboxylic acid groups (broad SMARTS) is 1. The van der Waals surface area contributed by atoms with Crippen molar-refractivity contribution < 1.29 is 18.3 Å². The van der Waals surface area contributed by atoms with Crippen molar-refractivity contribution in [2.75, 3.05) is 0 Å². The smallest absolute Gasteiger partial charge is 0.326 e. The monoisotopic (exact) mass is 331 g/mol. The van der Waals surface area contributed by atoms with Crippen molar-refractivity contribution in [2.45, 2.75) is 10.3 Å². The van der Waals surface area contributed by atoms with Gasteiger partial charge in [-0.25, -0.2) is 8.42 Å². The molecule has 1 aromatic heterocycles. The Morgan fingerprint density at radius 2 is 1.85 bits per heavy atom. The highest BCUT2D eigenvalue weighted by atomic mass is 35.5. The van der Waals surface area contributed by atoms with Gasteiger partial charge in [0.15, 0.2) is 0 Å². The van der Waals surface area contributed by atoms with E-state index in [2.05, 4.69) is 4.72 Å². The van der Waals surface area contributed by atoms with Crippen LogP contribution in [0.3, 0.4) is 0 Å². The molecule has 2 N–H and O–H groups in total. The van der Waals surface area contributed by atoms with Gasteiger partial charge in [-0.2, -0.15) is 4.72 Å². The lowest BCUT2D eigenvalue weighted by Gasteiger charge is -2.14. The lowest BCUT2D eigenvalue weighted by molar-refractivity contribution is -0.139. The van der Waals surface area contributed by atoms with E-state index in [-0.39, 0.29) is 4.21 Å². The third-order valence-electron chi connectivity index (χ3n) is 2.47. The molecule has 0 aliphatic carbocycles. The molecule has 20 heavy (non-hydrogen) atoms. The highest BCUT2D eigenvalue weighted by Gasteiger charge is 2.27. The van der Waals surface area contributed by atoms with Gasteiger partial charge in [0, 0.05) is 0 Å². The van der Waals surface area contributed by atoms with Gasteiger partial charge in [-0.1, -0.05) is 41.9 Å². The van der Waals surface area contributed by atoms with E-state index >= 15 is 0 Å². The summed E-state index contributed by atoms with van der Waals surface area (Å²) in [5, 5.41) is 9.19. The van der Waals surface area contributed by atoms with Gasteiger partial charge in [-0.05, 0) is 17.7 Å². The van der Waals surface area contributed by atoms with Crippen molar-refractivity contribution in [1.29, 1.82) is 0 Å². The number of sulfonamides is 1. The third-order valence-corrected chi connectivity index (χ3v) is 5.61. The minimum absolute atomic E-state index is 0.0234. The van der Waals surface area contributed by atoms with Crippen LogP contribution in [0.2, 0.25) is 4.34 Å². The van der Waals surface area contributed by atoms with Gasteiger partial charge in [0.05, 0.1) is 4.34 Å². The number of halogens is 1. The molecule has 106 valence electrons. The second-order valence-electron chi connectivity index (χ2n) is 3.86. The van der Waals surface area contributed by atoms with Crippen LogP contribution in [0.25, 0.3) is 0 Å². The fourth-order valence-corrected chi connectivity index (χ4v) is 4.24. The fourth-order valence-electron chi connectivity index (χ4n) is 1.56. The molecule has 0 amide bonds. The second kappa shape index (κ2) is 5.92. The van der Waals surface area contributed by atoms with Crippen LogP contribution in [0.4, 0.5) is 0 Å². The summed E-state index contributed by atoms with van der Waals surface area (Å²) in [4.78, 5) is 11.3. The average molecular weight is 332 g/mol. The largest absolute Gasteiger partial charge is 0.480 e. The van der Waals surface area contributed by atoms with Crippen LogP contribution in [-0.2, 0) is 14.8 Å². The molecule has 1 atom stereocenters. The average Bonchev–Trinajstić information content (AvgIpc) is 2.84. The number of thiophene rings is 1. The molecule has 0 fully saturated rings. The van der Waals surface area contributed by atoms with Crippen LogP contribution in [0.1, 0.15) is 11.6 Å². The molecule has 0 bridgehead atoms. The Kier molecular flexibility index (Phi) is 4.44. The molecule has 2 aromatic rings. The first-order chi connectivity index (χ1) is 9.40. The summed E-state index contributed by atoms with van der Waals surface area (Å²) < 4.78 is 26.7. The standard InChI is InChI=1S/C12H10ClNO4S2/c13-9-6-7-10(19-9)20(17,18)14-11(12(15)16)8-4-2-1-3-5-8/h1-7,11,14H,(H,15,16)/t11-/m0/s1. The molecule has 2 rings (SSSR count). The van der Waals surface area contributed by atoms with Gasteiger partial charge in [-0.15, -0.1) is 11.3 Å². The number of rotatable bonds is 5. The van der Waals surface area contributed by atoms with Crippen molar-refractivity contribution in [3.8, 4) is 0 Å². The van der Waals surface area contributed by atoms with Gasteiger partial charge >= 0.3 is 5.97 Å². The maximum absolute atomic E-state index is 12.1. The Morgan fingerprint density at radius 1 is 1.20 bits per heavy atom. The van der Waals surface area contributed by atoms with E-state index in [1.54, 1.807) is 30.3 Å². The predicted octanol–water partition coefficient (Wildman–Crippen LogP) is 2.51. The first kappa shape index (κ1) is 15.0. The van der Waals surface area contributed by atoms with Crippen LogP contribution in [0.5, 0.6) is 0 Å². The topological polar surface area (TPSA) is 83.5 Å². The molecule has 0 saturated heterocycles. The van der Waals surface area contributed by atoms with Gasteiger partial charge in [0.2, 0.25) is 0 Å². The fraction of sp³-hybridized carbons (Fsp3) is 0.0833. The van der Waals surface area contributed by atoms with Crippen molar-refractivity contribution in [3.05, 3.63) is 52.4 Å². The summed E-state index contributed by atoms with van der Waals surface area (Å²) in [6.45, 7) is 0. The Hall–Kier alpha value is -1.41. The number of aliphatic carboxylic acids is 1. The van der Waals surface area contributed by atoms with Gasteiger partial charge in [0.1, 0.15) is 10.3 Å². The van der Waals surface area contributed by atoms with Crippen molar-refractivity contribution in [2.24, 2.45) is 0 Å². The molecular formula is C12H10ClNO4S2. The van der Waals surface area contributed by atoms with Gasteiger partial charge < -0.3 is 5.11 Å². The predicted molar refractivity (Wildman–Crippen MR) is 76.5 cm³/mol. The number of hydrogen-bond acceptors (Lipinski definition) is 4. The highest BCUT2D eigenvalue weighted by molar-refractivity contribution is 7.91. The number of benzene rings is 1. The Labute approximate surface area is 124 Å². The Balaban J connectivity index is 2.32. The summed E-state index contributed by atoms with van der Waals surface area (Å²) in [5.74, 6) is -1.28. The van der Waals surface area contributed by atoms with Crippen LogP contribution in [-0.4, -0.2) is 19.5 Å². The molecule has 0 saturated carbocycles. The van der Waals surface area contributed by atoms with Crippen LogP contribution in [0.15, 0.2) is 46.7 Å². The zero-order valence-corrected chi connectivity index (χ0v) is 12.4. The minimum Gasteiger partial charge on any atom is -0.480 e. The lowest BCUT2D eigenvalue weighted by Crippen LogP contribution is -2.33. The summed E-state index contributed by atoms with van der Waals surface area (Å²) in [5.41, 5.74) is 0.353. The zero-order valence-electron chi connectivity index (χ0n) is 9.99.